The van der Waals surface area contributed by atoms with E-state index in [2.05, 4.69) is 11.0 Å². The Bertz CT molecular complexity index is 680. The van der Waals surface area contributed by atoms with Gasteiger partial charge in [-0.25, -0.2) is 5.01 Å². The quantitative estimate of drug-likeness (QED) is 0.771. The number of hydrogen-bond acceptors (Lipinski definition) is 3. The van der Waals surface area contributed by atoms with Crippen LogP contribution in [0.5, 0.6) is 0 Å². The maximum Gasteiger partial charge on any atom is 0.473 e. The smallest absolute Gasteiger partial charge is 0.369 e. The molecular formula is C19H22F3N3. The van der Waals surface area contributed by atoms with Crippen LogP contribution in [-0.4, -0.2) is 42.5 Å². The lowest BCUT2D eigenvalue weighted by Crippen LogP contribution is -2.57. The summed E-state index contributed by atoms with van der Waals surface area (Å²) in [6.45, 7) is 3.70. The summed E-state index contributed by atoms with van der Waals surface area (Å²) in [6, 6.07) is 16.9. The minimum absolute atomic E-state index is 0.158. The molecule has 2 aromatic carbocycles. The molecule has 0 unspecified atom stereocenters. The van der Waals surface area contributed by atoms with E-state index in [9.17, 15) is 13.2 Å². The minimum Gasteiger partial charge on any atom is -0.369 e. The predicted molar refractivity (Wildman–Crippen MR) is 93.0 cm³/mol. The zero-order valence-corrected chi connectivity index (χ0v) is 14.2. The summed E-state index contributed by atoms with van der Waals surface area (Å²) in [5, 5.41) is 1.95. The van der Waals surface area contributed by atoms with E-state index < -0.39 is 6.30 Å². The zero-order valence-electron chi connectivity index (χ0n) is 14.2. The van der Waals surface area contributed by atoms with Crippen molar-refractivity contribution < 1.29 is 13.2 Å². The Morgan fingerprint density at radius 1 is 0.920 bits per heavy atom. The molecule has 2 aromatic rings. The van der Waals surface area contributed by atoms with Crippen LogP contribution in [0.25, 0.3) is 0 Å². The van der Waals surface area contributed by atoms with Crippen molar-refractivity contribution in [2.45, 2.75) is 19.8 Å². The number of nitrogens with zero attached hydrogens (tertiary/aromatic N) is 3. The SMILES string of the molecule is Cc1cccc(N2CCN(N(Cc3ccccc3)C(F)(F)F)CC2)c1. The van der Waals surface area contributed by atoms with Gasteiger partial charge in [-0.1, -0.05) is 42.5 Å². The number of halogens is 3. The maximum atomic E-state index is 13.5. The Kier molecular flexibility index (Phi) is 5.30. The molecule has 25 heavy (non-hydrogen) atoms. The number of hydrogen-bond donors (Lipinski definition) is 0. The first-order valence-corrected chi connectivity index (χ1v) is 8.38. The second-order valence-corrected chi connectivity index (χ2v) is 6.29. The van der Waals surface area contributed by atoms with Crippen LogP contribution in [0.2, 0.25) is 0 Å². The normalized spacial score (nSPS) is 16.4. The first-order chi connectivity index (χ1) is 11.9. The molecule has 1 fully saturated rings. The van der Waals surface area contributed by atoms with E-state index in [0.717, 1.165) is 11.3 Å². The van der Waals surface area contributed by atoms with Crippen LogP contribution in [0.4, 0.5) is 18.9 Å². The van der Waals surface area contributed by atoms with Gasteiger partial charge in [0.1, 0.15) is 0 Å². The molecule has 6 heteroatoms. The predicted octanol–water partition coefficient (Wildman–Crippen LogP) is 4.05. The van der Waals surface area contributed by atoms with Crippen molar-refractivity contribution in [1.82, 2.24) is 10.0 Å². The number of alkyl halides is 3. The number of aryl methyl sites for hydroxylation is 1. The molecule has 134 valence electrons. The number of hydrazine groups is 1. The fourth-order valence-corrected chi connectivity index (χ4v) is 3.13. The van der Waals surface area contributed by atoms with Crippen LogP contribution in [0.15, 0.2) is 54.6 Å². The highest BCUT2D eigenvalue weighted by molar-refractivity contribution is 5.48. The molecule has 0 atom stereocenters. The van der Waals surface area contributed by atoms with E-state index >= 15 is 0 Å². The number of anilines is 1. The van der Waals surface area contributed by atoms with Gasteiger partial charge in [0.05, 0.1) is 0 Å². The Morgan fingerprint density at radius 2 is 1.60 bits per heavy atom. The van der Waals surface area contributed by atoms with Crippen molar-refractivity contribution in [3.63, 3.8) is 0 Å². The van der Waals surface area contributed by atoms with E-state index in [-0.39, 0.29) is 6.54 Å². The van der Waals surface area contributed by atoms with Crippen molar-refractivity contribution in [1.29, 1.82) is 0 Å². The summed E-state index contributed by atoms with van der Waals surface area (Å²) < 4.78 is 40.6. The van der Waals surface area contributed by atoms with Crippen LogP contribution in [0.3, 0.4) is 0 Å². The Morgan fingerprint density at radius 3 is 2.20 bits per heavy atom. The van der Waals surface area contributed by atoms with E-state index in [0.29, 0.717) is 36.8 Å². The monoisotopic (exact) mass is 349 g/mol. The molecule has 0 N–H and O–H groups in total. The van der Waals surface area contributed by atoms with Gasteiger partial charge in [0.25, 0.3) is 0 Å². The third-order valence-corrected chi connectivity index (χ3v) is 4.43. The zero-order chi connectivity index (χ0) is 17.9. The maximum absolute atomic E-state index is 13.5. The molecule has 1 heterocycles. The van der Waals surface area contributed by atoms with Gasteiger partial charge in [-0.05, 0) is 30.2 Å². The van der Waals surface area contributed by atoms with E-state index in [1.54, 1.807) is 24.3 Å². The van der Waals surface area contributed by atoms with Gasteiger partial charge in [0, 0.05) is 38.4 Å². The largest absolute Gasteiger partial charge is 0.473 e. The van der Waals surface area contributed by atoms with Gasteiger partial charge in [0.15, 0.2) is 0 Å². The van der Waals surface area contributed by atoms with Crippen molar-refractivity contribution in [3.05, 3.63) is 65.7 Å². The first-order valence-electron chi connectivity index (χ1n) is 8.38. The van der Waals surface area contributed by atoms with Gasteiger partial charge in [0.2, 0.25) is 0 Å². The van der Waals surface area contributed by atoms with Gasteiger partial charge in [-0.15, -0.1) is 5.01 Å². The second-order valence-electron chi connectivity index (χ2n) is 6.29. The lowest BCUT2D eigenvalue weighted by molar-refractivity contribution is -0.319. The van der Waals surface area contributed by atoms with E-state index in [1.807, 2.05) is 31.2 Å². The van der Waals surface area contributed by atoms with Crippen molar-refractivity contribution in [2.24, 2.45) is 0 Å². The lowest BCUT2D eigenvalue weighted by Gasteiger charge is -2.42. The molecule has 3 rings (SSSR count). The van der Waals surface area contributed by atoms with Gasteiger partial charge >= 0.3 is 6.30 Å². The molecule has 0 radical (unpaired) electrons. The minimum atomic E-state index is -4.39. The summed E-state index contributed by atoms with van der Waals surface area (Å²) in [6.07, 6.45) is -4.39. The highest BCUT2D eigenvalue weighted by Crippen LogP contribution is 2.27. The number of rotatable bonds is 4. The summed E-state index contributed by atoms with van der Waals surface area (Å²) >= 11 is 0. The third-order valence-electron chi connectivity index (χ3n) is 4.43. The second kappa shape index (κ2) is 7.45. The fourth-order valence-electron chi connectivity index (χ4n) is 3.13. The molecule has 0 bridgehead atoms. The summed E-state index contributed by atoms with van der Waals surface area (Å²) in [7, 11) is 0. The Labute approximate surface area is 146 Å². The molecule has 0 amide bonds. The Balaban J connectivity index is 1.68. The molecule has 1 saturated heterocycles. The van der Waals surface area contributed by atoms with Crippen molar-refractivity contribution >= 4 is 5.69 Å². The average Bonchev–Trinajstić information content (AvgIpc) is 2.60. The molecule has 0 aliphatic carbocycles. The van der Waals surface area contributed by atoms with Gasteiger partial charge in [-0.3, -0.25) is 0 Å². The highest BCUT2D eigenvalue weighted by Gasteiger charge is 2.42. The van der Waals surface area contributed by atoms with E-state index in [1.165, 1.54) is 5.01 Å². The van der Waals surface area contributed by atoms with Crippen LogP contribution in [0.1, 0.15) is 11.1 Å². The highest BCUT2D eigenvalue weighted by atomic mass is 19.4. The lowest BCUT2D eigenvalue weighted by atomic mass is 10.2. The standard InChI is InChI=1S/C19H22F3N3/c1-16-6-5-9-18(14-16)23-10-12-24(13-11-23)25(19(20,21)22)15-17-7-3-2-4-8-17/h2-9,14H,10-13,15H2,1H3. The fraction of sp³-hybridized carbons (Fsp3) is 0.368. The first kappa shape index (κ1) is 17.8. The number of piperazine rings is 1. The number of benzene rings is 2. The summed E-state index contributed by atoms with van der Waals surface area (Å²) in [5.74, 6) is 0. The van der Waals surface area contributed by atoms with Gasteiger partial charge in [-0.2, -0.15) is 13.2 Å². The van der Waals surface area contributed by atoms with Gasteiger partial charge < -0.3 is 4.90 Å². The van der Waals surface area contributed by atoms with Crippen molar-refractivity contribution in [3.8, 4) is 0 Å². The third kappa shape index (κ3) is 4.52. The molecule has 3 nitrogen and oxygen atoms in total. The van der Waals surface area contributed by atoms with Crippen molar-refractivity contribution in [2.75, 3.05) is 31.1 Å². The van der Waals surface area contributed by atoms with E-state index in [4.69, 9.17) is 0 Å². The Hall–Kier alpha value is -2.05. The molecule has 0 saturated carbocycles. The topological polar surface area (TPSA) is 9.72 Å². The van der Waals surface area contributed by atoms with Crippen LogP contribution in [-0.2, 0) is 6.54 Å². The molecule has 0 spiro atoms. The molecule has 1 aliphatic heterocycles. The van der Waals surface area contributed by atoms with Crippen LogP contribution < -0.4 is 4.90 Å². The molecule has 1 aliphatic rings. The summed E-state index contributed by atoms with van der Waals surface area (Å²) in [4.78, 5) is 2.14. The average molecular weight is 349 g/mol. The molecule has 0 aromatic heterocycles. The van der Waals surface area contributed by atoms with Crippen LogP contribution >= 0.6 is 0 Å². The molecular weight excluding hydrogens is 327 g/mol. The van der Waals surface area contributed by atoms with Crippen LogP contribution in [0, 0.1) is 6.92 Å². The summed E-state index contributed by atoms with van der Waals surface area (Å²) in [5.41, 5.74) is 2.88.